The van der Waals surface area contributed by atoms with Crippen LogP contribution in [0.2, 0.25) is 0 Å². The van der Waals surface area contributed by atoms with Crippen LogP contribution >= 0.6 is 0 Å². The van der Waals surface area contributed by atoms with Crippen LogP contribution in [0.25, 0.3) is 10.9 Å². The van der Waals surface area contributed by atoms with Crippen molar-refractivity contribution in [1.82, 2.24) is 4.57 Å². The van der Waals surface area contributed by atoms with E-state index in [1.54, 1.807) is 11.5 Å². The molecule has 0 saturated carbocycles. The van der Waals surface area contributed by atoms with E-state index < -0.39 is 33.8 Å². The van der Waals surface area contributed by atoms with Crippen LogP contribution in [0.1, 0.15) is 48.5 Å². The van der Waals surface area contributed by atoms with Crippen LogP contribution in [0.5, 0.6) is 0 Å². The van der Waals surface area contributed by atoms with Crippen LogP contribution in [0.4, 0.5) is 4.39 Å². The van der Waals surface area contributed by atoms with Gasteiger partial charge in [0.25, 0.3) is 0 Å². The number of carbonyl (C=O) groups is 1. The van der Waals surface area contributed by atoms with Gasteiger partial charge in [-0.05, 0) is 61.6 Å². The first-order valence-electron chi connectivity index (χ1n) is 9.37. The number of rotatable bonds is 4. The highest BCUT2D eigenvalue weighted by Crippen LogP contribution is 2.44. The zero-order valence-electron chi connectivity index (χ0n) is 15.8. The number of aliphatic carboxylic acids is 1. The van der Waals surface area contributed by atoms with Crippen LogP contribution in [0.15, 0.2) is 47.4 Å². The van der Waals surface area contributed by atoms with E-state index >= 15 is 0 Å². The molecule has 3 N–H and O–H groups in total. The maximum atomic E-state index is 14.8. The Morgan fingerprint density at radius 1 is 1.28 bits per heavy atom. The molecule has 0 aliphatic heterocycles. The van der Waals surface area contributed by atoms with E-state index in [2.05, 4.69) is 0 Å². The second kappa shape index (κ2) is 6.96. The van der Waals surface area contributed by atoms with Crippen LogP contribution in [0.3, 0.4) is 0 Å². The Morgan fingerprint density at radius 2 is 2.00 bits per heavy atom. The maximum absolute atomic E-state index is 14.8. The number of nitrogens with two attached hydrogens (primary N) is 1. The van der Waals surface area contributed by atoms with Gasteiger partial charge in [-0.1, -0.05) is 18.2 Å². The first-order valence-corrected chi connectivity index (χ1v) is 10.9. The molecule has 0 bridgehead atoms. The highest BCUT2D eigenvalue weighted by atomic mass is 32.2. The highest BCUT2D eigenvalue weighted by molar-refractivity contribution is 7.89. The molecule has 2 aromatic carbocycles. The number of benzene rings is 2. The Kier molecular flexibility index (Phi) is 4.71. The van der Waals surface area contributed by atoms with Crippen molar-refractivity contribution in [3.8, 4) is 0 Å². The molecular formula is C21H21FN2O4S. The quantitative estimate of drug-likeness (QED) is 0.679. The molecule has 1 aliphatic carbocycles. The summed E-state index contributed by atoms with van der Waals surface area (Å²) in [7, 11) is -3.99. The summed E-state index contributed by atoms with van der Waals surface area (Å²) in [4.78, 5) is 11.7. The first kappa shape index (κ1) is 19.6. The lowest BCUT2D eigenvalue weighted by molar-refractivity contribution is -0.140. The number of para-hydroxylation sites is 1. The van der Waals surface area contributed by atoms with Gasteiger partial charge in [0.15, 0.2) is 0 Å². The van der Waals surface area contributed by atoms with Crippen molar-refractivity contribution in [3.05, 3.63) is 65.1 Å². The highest BCUT2D eigenvalue weighted by Gasteiger charge is 2.33. The minimum absolute atomic E-state index is 0.157. The summed E-state index contributed by atoms with van der Waals surface area (Å²) in [6.45, 7) is 1.60. The first-order chi connectivity index (χ1) is 13.7. The molecule has 0 amide bonds. The number of carboxylic acids is 1. The number of fused-ring (bicyclic) bond motifs is 3. The average Bonchev–Trinajstić information content (AvgIpc) is 3.01. The summed E-state index contributed by atoms with van der Waals surface area (Å²) in [5, 5.41) is 15.9. The smallest absolute Gasteiger partial charge is 0.326 e. The normalized spacial score (nSPS) is 17.8. The van der Waals surface area contributed by atoms with Gasteiger partial charge in [0, 0.05) is 22.5 Å². The molecule has 6 nitrogen and oxygen atoms in total. The fraction of sp³-hybridized carbons (Fsp3) is 0.286. The lowest BCUT2D eigenvalue weighted by Crippen LogP contribution is -2.23. The number of hydrogen-bond acceptors (Lipinski definition) is 3. The summed E-state index contributed by atoms with van der Waals surface area (Å²) in [5.41, 5.74) is 2.73. The van der Waals surface area contributed by atoms with Gasteiger partial charge in [-0.2, -0.15) is 0 Å². The topological polar surface area (TPSA) is 102 Å². The Hall–Kier alpha value is -2.71. The Bertz CT molecular complexity index is 1230. The van der Waals surface area contributed by atoms with E-state index in [1.807, 2.05) is 24.3 Å². The second-order valence-electron chi connectivity index (χ2n) is 7.44. The fourth-order valence-electron chi connectivity index (χ4n) is 4.41. The van der Waals surface area contributed by atoms with Crippen molar-refractivity contribution >= 4 is 26.9 Å². The summed E-state index contributed by atoms with van der Waals surface area (Å²) in [6, 6.07) is 10.2. The van der Waals surface area contributed by atoms with Gasteiger partial charge in [-0.3, -0.25) is 0 Å². The van der Waals surface area contributed by atoms with Crippen LogP contribution in [-0.4, -0.2) is 24.1 Å². The van der Waals surface area contributed by atoms with E-state index in [9.17, 15) is 22.7 Å². The third kappa shape index (κ3) is 3.22. The third-order valence-corrected chi connectivity index (χ3v) is 6.63. The summed E-state index contributed by atoms with van der Waals surface area (Å²) < 4.78 is 40.2. The number of carboxylic acid groups (broad SMARTS) is 1. The molecule has 1 aliphatic rings. The Morgan fingerprint density at radius 3 is 2.69 bits per heavy atom. The lowest BCUT2D eigenvalue weighted by Gasteiger charge is -2.28. The molecule has 4 rings (SSSR count). The lowest BCUT2D eigenvalue weighted by atomic mass is 9.82. The summed E-state index contributed by atoms with van der Waals surface area (Å²) in [5.74, 6) is -1.98. The zero-order chi connectivity index (χ0) is 20.9. The summed E-state index contributed by atoms with van der Waals surface area (Å²) >= 11 is 0. The van der Waals surface area contributed by atoms with E-state index in [0.29, 0.717) is 6.42 Å². The Balaban J connectivity index is 2.02. The van der Waals surface area contributed by atoms with Crippen molar-refractivity contribution in [3.63, 3.8) is 0 Å². The molecule has 29 heavy (non-hydrogen) atoms. The van der Waals surface area contributed by atoms with Gasteiger partial charge in [-0.15, -0.1) is 0 Å². The number of nitrogens with zero attached hydrogens (tertiary/aromatic N) is 1. The Labute approximate surface area is 167 Å². The molecule has 1 heterocycles. The third-order valence-electron chi connectivity index (χ3n) is 5.72. The minimum atomic E-state index is -3.99. The zero-order valence-corrected chi connectivity index (χ0v) is 16.6. The van der Waals surface area contributed by atoms with Gasteiger partial charge in [-0.25, -0.2) is 22.7 Å². The molecule has 8 heteroatoms. The number of aryl methyl sites for hydroxylation is 1. The standard InChI is InChI=1S/C21H21FN2O4S/c1-12(21(25)26)24-19-8-3-2-5-14(19)15-6-4-7-16(20(15)24)17-11-13(29(23,27)28)9-10-18(17)22/h2-3,5,8-12,16H,4,6-7H2,1H3,(H,25,26)(H2,23,27,28). The number of aromatic nitrogens is 1. The number of primary sulfonamides is 1. The predicted molar refractivity (Wildman–Crippen MR) is 107 cm³/mol. The van der Waals surface area contributed by atoms with E-state index in [1.165, 1.54) is 6.07 Å². The molecule has 152 valence electrons. The second-order valence-corrected chi connectivity index (χ2v) is 9.00. The van der Waals surface area contributed by atoms with Gasteiger partial charge >= 0.3 is 5.97 Å². The van der Waals surface area contributed by atoms with E-state index in [4.69, 9.17) is 5.14 Å². The largest absolute Gasteiger partial charge is 0.480 e. The molecule has 2 atom stereocenters. The molecule has 0 saturated heterocycles. The number of halogens is 1. The van der Waals surface area contributed by atoms with Crippen molar-refractivity contribution in [2.45, 2.75) is 43.0 Å². The molecule has 0 spiro atoms. The molecule has 1 aromatic heterocycles. The van der Waals surface area contributed by atoms with Gasteiger partial charge < -0.3 is 9.67 Å². The van der Waals surface area contributed by atoms with Gasteiger partial charge in [0.05, 0.1) is 4.90 Å². The average molecular weight is 416 g/mol. The van der Waals surface area contributed by atoms with E-state index in [-0.39, 0.29) is 10.5 Å². The molecule has 0 radical (unpaired) electrons. The summed E-state index contributed by atoms with van der Waals surface area (Å²) in [6.07, 6.45) is 2.12. The monoisotopic (exact) mass is 416 g/mol. The van der Waals surface area contributed by atoms with Gasteiger partial charge in [0.2, 0.25) is 10.0 Å². The van der Waals surface area contributed by atoms with Crippen molar-refractivity contribution in [1.29, 1.82) is 0 Å². The van der Waals surface area contributed by atoms with Gasteiger partial charge in [0.1, 0.15) is 11.9 Å². The number of sulfonamides is 1. The van der Waals surface area contributed by atoms with E-state index in [0.717, 1.165) is 47.1 Å². The van der Waals surface area contributed by atoms with Crippen LogP contribution in [-0.2, 0) is 21.2 Å². The SMILES string of the molecule is CC(C(=O)O)n1c2c(c3ccccc31)CCCC2c1cc(S(N)(=O)=O)ccc1F. The van der Waals surface area contributed by atoms with Crippen LogP contribution < -0.4 is 5.14 Å². The van der Waals surface area contributed by atoms with Crippen molar-refractivity contribution in [2.24, 2.45) is 5.14 Å². The van der Waals surface area contributed by atoms with Crippen molar-refractivity contribution in [2.75, 3.05) is 0 Å². The number of hydrogen-bond donors (Lipinski definition) is 2. The molecular weight excluding hydrogens is 395 g/mol. The predicted octanol–water partition coefficient (Wildman–Crippen LogP) is 3.54. The molecule has 0 fully saturated rings. The molecule has 2 unspecified atom stereocenters. The molecule has 3 aromatic rings. The van der Waals surface area contributed by atoms with Crippen molar-refractivity contribution < 1.29 is 22.7 Å². The fourth-order valence-corrected chi connectivity index (χ4v) is 4.96. The van der Waals surface area contributed by atoms with Crippen LogP contribution in [0, 0.1) is 5.82 Å². The minimum Gasteiger partial charge on any atom is -0.480 e. The maximum Gasteiger partial charge on any atom is 0.326 e.